The molecule has 2 rings (SSSR count). The predicted molar refractivity (Wildman–Crippen MR) is 76.9 cm³/mol. The predicted octanol–water partition coefficient (Wildman–Crippen LogP) is 2.33. The molecule has 1 N–H and O–H groups in total. The fraction of sp³-hybridized carbons (Fsp3) is 0.923. The van der Waals surface area contributed by atoms with E-state index in [-0.39, 0.29) is 5.54 Å². The fourth-order valence-corrected chi connectivity index (χ4v) is 3.63. The van der Waals surface area contributed by atoms with Crippen LogP contribution in [0, 0.1) is 0 Å². The SMILES string of the molecule is CN(CCN=C1NC(C)(C)CS1)C1CCCC1. The molecule has 0 radical (unpaired) electrons. The molecule has 1 saturated heterocycles. The highest BCUT2D eigenvalue weighted by atomic mass is 32.2. The van der Waals surface area contributed by atoms with Gasteiger partial charge < -0.3 is 10.2 Å². The molecular formula is C13H25N3S. The van der Waals surface area contributed by atoms with E-state index in [9.17, 15) is 0 Å². The van der Waals surface area contributed by atoms with Crippen molar-refractivity contribution in [2.75, 3.05) is 25.9 Å². The Kier molecular flexibility index (Phi) is 4.36. The summed E-state index contributed by atoms with van der Waals surface area (Å²) in [6.45, 7) is 6.48. The molecule has 0 aromatic rings. The molecule has 1 aliphatic heterocycles. The van der Waals surface area contributed by atoms with Gasteiger partial charge in [-0.15, -0.1) is 0 Å². The molecule has 0 atom stereocenters. The van der Waals surface area contributed by atoms with E-state index < -0.39 is 0 Å². The lowest BCUT2D eigenvalue weighted by Gasteiger charge is -2.23. The Morgan fingerprint density at radius 2 is 2.12 bits per heavy atom. The molecule has 1 heterocycles. The molecule has 1 saturated carbocycles. The van der Waals surface area contributed by atoms with E-state index in [0.29, 0.717) is 0 Å². The van der Waals surface area contributed by atoms with Crippen molar-refractivity contribution in [1.82, 2.24) is 10.2 Å². The van der Waals surface area contributed by atoms with Crippen LogP contribution in [0.3, 0.4) is 0 Å². The average molecular weight is 255 g/mol. The molecule has 98 valence electrons. The van der Waals surface area contributed by atoms with E-state index in [1.54, 1.807) is 0 Å². The lowest BCUT2D eigenvalue weighted by atomic mass is 10.1. The summed E-state index contributed by atoms with van der Waals surface area (Å²) >= 11 is 1.85. The minimum atomic E-state index is 0.223. The molecule has 0 unspecified atom stereocenters. The van der Waals surface area contributed by atoms with Crippen LogP contribution < -0.4 is 5.32 Å². The van der Waals surface area contributed by atoms with Crippen molar-refractivity contribution in [3.63, 3.8) is 0 Å². The molecule has 2 aliphatic rings. The lowest BCUT2D eigenvalue weighted by molar-refractivity contribution is 0.252. The number of thioether (sulfide) groups is 1. The smallest absolute Gasteiger partial charge is 0.157 e. The molecule has 0 aromatic carbocycles. The number of nitrogens with zero attached hydrogens (tertiary/aromatic N) is 2. The molecule has 0 spiro atoms. The summed E-state index contributed by atoms with van der Waals surface area (Å²) in [7, 11) is 2.25. The van der Waals surface area contributed by atoms with Gasteiger partial charge in [0.15, 0.2) is 5.17 Å². The minimum absolute atomic E-state index is 0.223. The summed E-state index contributed by atoms with van der Waals surface area (Å²) in [5.41, 5.74) is 0.223. The molecule has 1 aliphatic carbocycles. The Morgan fingerprint density at radius 3 is 2.71 bits per heavy atom. The molecule has 0 aromatic heterocycles. The van der Waals surface area contributed by atoms with E-state index in [2.05, 4.69) is 36.1 Å². The Labute approximate surface area is 109 Å². The number of nitrogens with one attached hydrogen (secondary N) is 1. The number of likely N-dealkylation sites (N-methyl/N-ethyl adjacent to an activating group) is 1. The number of hydrogen-bond acceptors (Lipinski definition) is 3. The second kappa shape index (κ2) is 5.61. The summed E-state index contributed by atoms with van der Waals surface area (Å²) in [4.78, 5) is 7.14. The van der Waals surface area contributed by atoms with E-state index in [1.807, 2.05) is 11.8 Å². The second-order valence-electron chi connectivity index (χ2n) is 5.90. The van der Waals surface area contributed by atoms with Crippen LogP contribution in [0.2, 0.25) is 0 Å². The van der Waals surface area contributed by atoms with Crippen molar-refractivity contribution < 1.29 is 0 Å². The first-order valence-electron chi connectivity index (χ1n) is 6.72. The highest BCUT2D eigenvalue weighted by Crippen LogP contribution is 2.23. The van der Waals surface area contributed by atoms with Gasteiger partial charge in [0.2, 0.25) is 0 Å². The largest absolute Gasteiger partial charge is 0.359 e. The maximum atomic E-state index is 4.66. The minimum Gasteiger partial charge on any atom is -0.359 e. The summed E-state index contributed by atoms with van der Waals surface area (Å²) in [5.74, 6) is 1.13. The van der Waals surface area contributed by atoms with Crippen LogP contribution >= 0.6 is 11.8 Å². The zero-order valence-corrected chi connectivity index (χ0v) is 12.1. The van der Waals surface area contributed by atoms with Crippen molar-refractivity contribution in [3.05, 3.63) is 0 Å². The van der Waals surface area contributed by atoms with E-state index >= 15 is 0 Å². The summed E-state index contributed by atoms with van der Waals surface area (Å²) in [5, 5.41) is 4.60. The molecule has 0 bridgehead atoms. The van der Waals surface area contributed by atoms with Crippen LogP contribution in [0.25, 0.3) is 0 Å². The number of amidine groups is 1. The second-order valence-corrected chi connectivity index (χ2v) is 6.87. The van der Waals surface area contributed by atoms with Gasteiger partial charge in [0.1, 0.15) is 0 Å². The zero-order chi connectivity index (χ0) is 12.3. The number of hydrogen-bond donors (Lipinski definition) is 1. The Balaban J connectivity index is 1.70. The van der Waals surface area contributed by atoms with Gasteiger partial charge in [-0.05, 0) is 33.7 Å². The third kappa shape index (κ3) is 3.88. The third-order valence-corrected chi connectivity index (χ3v) is 5.04. The van der Waals surface area contributed by atoms with Gasteiger partial charge in [0.05, 0.1) is 6.54 Å². The summed E-state index contributed by atoms with van der Waals surface area (Å²) < 4.78 is 0. The van der Waals surface area contributed by atoms with E-state index in [1.165, 1.54) is 25.7 Å². The average Bonchev–Trinajstić information content (AvgIpc) is 2.87. The molecule has 17 heavy (non-hydrogen) atoms. The first-order chi connectivity index (χ1) is 8.07. The van der Waals surface area contributed by atoms with Crippen LogP contribution in [0.4, 0.5) is 0 Å². The molecule has 4 heteroatoms. The number of rotatable bonds is 4. The van der Waals surface area contributed by atoms with Crippen LogP contribution in [0.1, 0.15) is 39.5 Å². The third-order valence-electron chi connectivity index (χ3n) is 3.67. The highest BCUT2D eigenvalue weighted by molar-refractivity contribution is 8.14. The van der Waals surface area contributed by atoms with Gasteiger partial charge >= 0.3 is 0 Å². The van der Waals surface area contributed by atoms with Crippen molar-refractivity contribution in [1.29, 1.82) is 0 Å². The van der Waals surface area contributed by atoms with Crippen molar-refractivity contribution in [2.24, 2.45) is 4.99 Å². The highest BCUT2D eigenvalue weighted by Gasteiger charge is 2.27. The molecule has 2 fully saturated rings. The Hall–Kier alpha value is -0.220. The van der Waals surface area contributed by atoms with Crippen LogP contribution in [0.5, 0.6) is 0 Å². The first kappa shape index (κ1) is 13.2. The van der Waals surface area contributed by atoms with Crippen molar-refractivity contribution in [2.45, 2.75) is 51.1 Å². The number of aliphatic imine (C=N–C) groups is 1. The zero-order valence-electron chi connectivity index (χ0n) is 11.3. The Bertz CT molecular complexity index is 282. The monoisotopic (exact) mass is 255 g/mol. The summed E-state index contributed by atoms with van der Waals surface area (Å²) in [6.07, 6.45) is 5.59. The van der Waals surface area contributed by atoms with E-state index in [0.717, 1.165) is 30.1 Å². The van der Waals surface area contributed by atoms with Gasteiger partial charge in [0, 0.05) is 23.9 Å². The topological polar surface area (TPSA) is 27.6 Å². The Morgan fingerprint density at radius 1 is 1.41 bits per heavy atom. The fourth-order valence-electron chi connectivity index (χ4n) is 2.53. The first-order valence-corrected chi connectivity index (χ1v) is 7.71. The van der Waals surface area contributed by atoms with Crippen molar-refractivity contribution in [3.8, 4) is 0 Å². The van der Waals surface area contributed by atoms with E-state index in [4.69, 9.17) is 0 Å². The maximum absolute atomic E-state index is 4.66. The van der Waals surface area contributed by atoms with Gasteiger partial charge in [-0.3, -0.25) is 4.99 Å². The van der Waals surface area contributed by atoms with Crippen LogP contribution in [-0.4, -0.2) is 47.5 Å². The quantitative estimate of drug-likeness (QED) is 0.835. The molecule has 0 amide bonds. The van der Waals surface area contributed by atoms with Crippen LogP contribution in [0.15, 0.2) is 4.99 Å². The normalized spacial score (nSPS) is 26.9. The van der Waals surface area contributed by atoms with Gasteiger partial charge in [0.25, 0.3) is 0 Å². The summed E-state index contributed by atoms with van der Waals surface area (Å²) in [6, 6.07) is 0.816. The lowest BCUT2D eigenvalue weighted by Crippen LogP contribution is -2.37. The van der Waals surface area contributed by atoms with Crippen molar-refractivity contribution >= 4 is 16.9 Å². The van der Waals surface area contributed by atoms with Gasteiger partial charge in [-0.1, -0.05) is 24.6 Å². The van der Waals surface area contributed by atoms with Gasteiger partial charge in [-0.25, -0.2) is 0 Å². The maximum Gasteiger partial charge on any atom is 0.157 e. The van der Waals surface area contributed by atoms with Gasteiger partial charge in [-0.2, -0.15) is 0 Å². The van der Waals surface area contributed by atoms with Crippen LogP contribution in [-0.2, 0) is 0 Å². The standard InChI is InChI=1S/C13H25N3S/c1-13(2)10-17-12(15-13)14-8-9-16(3)11-6-4-5-7-11/h11H,4-10H2,1-3H3,(H,14,15). The molecular weight excluding hydrogens is 230 g/mol. The molecule has 3 nitrogen and oxygen atoms in total.